The van der Waals surface area contributed by atoms with Gasteiger partial charge in [-0.05, 0) is 24.5 Å². The largest absolute Gasteiger partial charge is 0.480 e. The van der Waals surface area contributed by atoms with Crippen LogP contribution in [-0.2, 0) is 16.0 Å². The van der Waals surface area contributed by atoms with E-state index in [1.165, 1.54) is 0 Å². The lowest BCUT2D eigenvalue weighted by molar-refractivity contribution is -0.142. The highest BCUT2D eigenvalue weighted by Crippen LogP contribution is 2.07. The molecule has 0 spiro atoms. The smallest absolute Gasteiger partial charge is 0.326 e. The van der Waals surface area contributed by atoms with Crippen molar-refractivity contribution >= 4 is 11.9 Å². The number of furan rings is 1. The fourth-order valence-corrected chi connectivity index (χ4v) is 1.65. The van der Waals surface area contributed by atoms with E-state index in [0.717, 1.165) is 5.76 Å². The third kappa shape index (κ3) is 5.03. The van der Waals surface area contributed by atoms with Crippen molar-refractivity contribution in [3.05, 3.63) is 24.2 Å². The summed E-state index contributed by atoms with van der Waals surface area (Å²) in [5.41, 5.74) is 0. The van der Waals surface area contributed by atoms with Gasteiger partial charge < -0.3 is 14.8 Å². The van der Waals surface area contributed by atoms with Gasteiger partial charge in [0.2, 0.25) is 5.91 Å². The molecule has 0 saturated carbocycles. The van der Waals surface area contributed by atoms with Crippen molar-refractivity contribution in [3.63, 3.8) is 0 Å². The van der Waals surface area contributed by atoms with Gasteiger partial charge in [0, 0.05) is 12.8 Å². The SMILES string of the molecule is CC(C)CC(NC(=O)CCc1ccco1)C(=O)O. The average molecular weight is 253 g/mol. The number of carboxylic acid groups (broad SMARTS) is 1. The monoisotopic (exact) mass is 253 g/mol. The summed E-state index contributed by atoms with van der Waals surface area (Å²) in [6, 6.07) is 2.73. The Kier molecular flexibility index (Phi) is 5.42. The topological polar surface area (TPSA) is 79.5 Å². The Morgan fingerprint density at radius 1 is 1.44 bits per heavy atom. The van der Waals surface area contributed by atoms with Crippen molar-refractivity contribution in [2.75, 3.05) is 0 Å². The quantitative estimate of drug-likeness (QED) is 0.777. The zero-order valence-corrected chi connectivity index (χ0v) is 10.7. The van der Waals surface area contributed by atoms with Crippen molar-refractivity contribution in [3.8, 4) is 0 Å². The molecule has 2 N–H and O–H groups in total. The molecule has 1 aromatic rings. The van der Waals surface area contributed by atoms with Gasteiger partial charge in [0.25, 0.3) is 0 Å². The van der Waals surface area contributed by atoms with Crippen LogP contribution in [0.1, 0.15) is 32.4 Å². The lowest BCUT2D eigenvalue weighted by Crippen LogP contribution is -2.41. The molecule has 0 radical (unpaired) electrons. The van der Waals surface area contributed by atoms with Crippen molar-refractivity contribution in [2.24, 2.45) is 5.92 Å². The van der Waals surface area contributed by atoms with E-state index in [0.29, 0.717) is 12.8 Å². The lowest BCUT2D eigenvalue weighted by Gasteiger charge is -2.16. The van der Waals surface area contributed by atoms with Crippen LogP contribution < -0.4 is 5.32 Å². The van der Waals surface area contributed by atoms with Gasteiger partial charge in [0.05, 0.1) is 6.26 Å². The summed E-state index contributed by atoms with van der Waals surface area (Å²) in [4.78, 5) is 22.6. The van der Waals surface area contributed by atoms with Crippen LogP contribution in [0, 0.1) is 5.92 Å². The van der Waals surface area contributed by atoms with Gasteiger partial charge in [0.1, 0.15) is 11.8 Å². The number of aryl methyl sites for hydroxylation is 1. The van der Waals surface area contributed by atoms with E-state index in [9.17, 15) is 9.59 Å². The maximum absolute atomic E-state index is 11.6. The number of aliphatic carboxylic acids is 1. The van der Waals surface area contributed by atoms with E-state index in [1.807, 2.05) is 13.8 Å². The van der Waals surface area contributed by atoms with E-state index >= 15 is 0 Å². The summed E-state index contributed by atoms with van der Waals surface area (Å²) in [6.45, 7) is 3.84. The first-order valence-electron chi connectivity index (χ1n) is 6.03. The van der Waals surface area contributed by atoms with Crippen LogP contribution in [0.5, 0.6) is 0 Å². The molecule has 5 heteroatoms. The minimum Gasteiger partial charge on any atom is -0.480 e. The second kappa shape index (κ2) is 6.83. The Bertz CT molecular complexity index is 384. The number of rotatable bonds is 7. The Balaban J connectivity index is 2.39. The third-order valence-electron chi connectivity index (χ3n) is 2.52. The molecule has 0 aromatic carbocycles. The second-order valence-corrected chi connectivity index (χ2v) is 4.67. The molecule has 1 rings (SSSR count). The van der Waals surface area contributed by atoms with Crippen molar-refractivity contribution < 1.29 is 19.1 Å². The van der Waals surface area contributed by atoms with Gasteiger partial charge in [0.15, 0.2) is 0 Å². The highest BCUT2D eigenvalue weighted by molar-refractivity contribution is 5.83. The molecule has 1 amide bonds. The molecule has 1 heterocycles. The molecule has 18 heavy (non-hydrogen) atoms. The average Bonchev–Trinajstić information content (AvgIpc) is 2.77. The van der Waals surface area contributed by atoms with Crippen molar-refractivity contribution in [2.45, 2.75) is 39.2 Å². The zero-order valence-electron chi connectivity index (χ0n) is 10.7. The third-order valence-corrected chi connectivity index (χ3v) is 2.52. The summed E-state index contributed by atoms with van der Waals surface area (Å²) in [5, 5.41) is 11.5. The van der Waals surface area contributed by atoms with Gasteiger partial charge in [-0.2, -0.15) is 0 Å². The normalized spacial score (nSPS) is 12.4. The first-order valence-corrected chi connectivity index (χ1v) is 6.03. The number of nitrogens with one attached hydrogen (secondary N) is 1. The maximum atomic E-state index is 11.6. The maximum Gasteiger partial charge on any atom is 0.326 e. The van der Waals surface area contributed by atoms with E-state index in [-0.39, 0.29) is 18.2 Å². The van der Waals surface area contributed by atoms with Gasteiger partial charge >= 0.3 is 5.97 Å². The van der Waals surface area contributed by atoms with E-state index < -0.39 is 12.0 Å². The Morgan fingerprint density at radius 2 is 2.17 bits per heavy atom. The summed E-state index contributed by atoms with van der Waals surface area (Å²) >= 11 is 0. The Morgan fingerprint density at radius 3 is 2.67 bits per heavy atom. The molecule has 1 atom stereocenters. The molecule has 100 valence electrons. The molecule has 0 aliphatic heterocycles. The number of carboxylic acids is 1. The van der Waals surface area contributed by atoms with Gasteiger partial charge in [-0.15, -0.1) is 0 Å². The summed E-state index contributed by atoms with van der Waals surface area (Å²) in [6.07, 6.45) is 2.69. The summed E-state index contributed by atoms with van der Waals surface area (Å²) in [7, 11) is 0. The standard InChI is InChI=1S/C13H19NO4/c1-9(2)8-11(13(16)17)14-12(15)6-5-10-4-3-7-18-10/h3-4,7,9,11H,5-6,8H2,1-2H3,(H,14,15)(H,16,17). The molecular weight excluding hydrogens is 234 g/mol. The van der Waals surface area contributed by atoms with Crippen LogP contribution in [0.15, 0.2) is 22.8 Å². The molecule has 5 nitrogen and oxygen atoms in total. The van der Waals surface area contributed by atoms with Crippen LogP contribution >= 0.6 is 0 Å². The van der Waals surface area contributed by atoms with Crippen LogP contribution in [0.3, 0.4) is 0 Å². The molecule has 0 saturated heterocycles. The van der Waals surface area contributed by atoms with Gasteiger partial charge in [-0.3, -0.25) is 4.79 Å². The van der Waals surface area contributed by atoms with Crippen LogP contribution in [-0.4, -0.2) is 23.0 Å². The van der Waals surface area contributed by atoms with E-state index in [1.54, 1.807) is 18.4 Å². The number of carbonyl (C=O) groups excluding carboxylic acids is 1. The van der Waals surface area contributed by atoms with Gasteiger partial charge in [-0.25, -0.2) is 4.79 Å². The predicted octanol–water partition coefficient (Wildman–Crippen LogP) is 1.83. The number of amides is 1. The fraction of sp³-hybridized carbons (Fsp3) is 0.538. The number of hydrogen-bond donors (Lipinski definition) is 2. The predicted molar refractivity (Wildman–Crippen MR) is 66.1 cm³/mol. The molecule has 1 aromatic heterocycles. The van der Waals surface area contributed by atoms with Crippen molar-refractivity contribution in [1.29, 1.82) is 0 Å². The number of carbonyl (C=O) groups is 2. The second-order valence-electron chi connectivity index (χ2n) is 4.67. The molecule has 1 unspecified atom stereocenters. The highest BCUT2D eigenvalue weighted by Gasteiger charge is 2.20. The highest BCUT2D eigenvalue weighted by atomic mass is 16.4. The summed E-state index contributed by atoms with van der Waals surface area (Å²) < 4.78 is 5.10. The zero-order chi connectivity index (χ0) is 13.5. The van der Waals surface area contributed by atoms with Gasteiger partial charge in [-0.1, -0.05) is 13.8 Å². The van der Waals surface area contributed by atoms with Crippen molar-refractivity contribution in [1.82, 2.24) is 5.32 Å². The minimum atomic E-state index is -0.991. The van der Waals surface area contributed by atoms with E-state index in [4.69, 9.17) is 9.52 Å². The summed E-state index contributed by atoms with van der Waals surface area (Å²) in [5.74, 6) is -0.313. The Hall–Kier alpha value is -1.78. The van der Waals surface area contributed by atoms with Crippen LogP contribution in [0.4, 0.5) is 0 Å². The fourth-order valence-electron chi connectivity index (χ4n) is 1.65. The van der Waals surface area contributed by atoms with E-state index in [2.05, 4.69) is 5.32 Å². The first kappa shape index (κ1) is 14.3. The first-order chi connectivity index (χ1) is 8.49. The molecule has 0 fully saturated rings. The molecule has 0 bridgehead atoms. The molecular formula is C13H19NO4. The Labute approximate surface area is 106 Å². The van der Waals surface area contributed by atoms with Crippen LogP contribution in [0.25, 0.3) is 0 Å². The van der Waals surface area contributed by atoms with Crippen LogP contribution in [0.2, 0.25) is 0 Å². The lowest BCUT2D eigenvalue weighted by atomic mass is 10.0. The molecule has 0 aliphatic carbocycles. The minimum absolute atomic E-state index is 0.219. The molecule has 0 aliphatic rings. The number of hydrogen-bond acceptors (Lipinski definition) is 3.